The standard InChI is InChI=1S/C8H11ClN6/c1-14-4-8(11-12-14)6-15-5-7(2-3-9)10-13-15/h4-5H,2-3,6H2,1H3. The molecular formula is C8H11ClN6. The maximum Gasteiger partial charge on any atom is 0.104 e. The van der Waals surface area contributed by atoms with E-state index in [1.807, 2.05) is 19.4 Å². The molecule has 2 aromatic rings. The van der Waals surface area contributed by atoms with Gasteiger partial charge in [0.05, 0.1) is 12.2 Å². The van der Waals surface area contributed by atoms with Gasteiger partial charge >= 0.3 is 0 Å². The smallest absolute Gasteiger partial charge is 0.104 e. The van der Waals surface area contributed by atoms with Crippen molar-refractivity contribution < 1.29 is 0 Å². The lowest BCUT2D eigenvalue weighted by Crippen LogP contribution is -2.00. The van der Waals surface area contributed by atoms with Crippen LogP contribution >= 0.6 is 11.6 Å². The number of rotatable bonds is 4. The quantitative estimate of drug-likeness (QED) is 0.701. The Hall–Kier alpha value is -1.43. The summed E-state index contributed by atoms with van der Waals surface area (Å²) in [4.78, 5) is 0. The number of aromatic nitrogens is 6. The van der Waals surface area contributed by atoms with E-state index in [4.69, 9.17) is 11.6 Å². The van der Waals surface area contributed by atoms with E-state index in [1.54, 1.807) is 9.36 Å². The van der Waals surface area contributed by atoms with E-state index in [1.165, 1.54) is 0 Å². The lowest BCUT2D eigenvalue weighted by atomic mass is 10.4. The zero-order chi connectivity index (χ0) is 10.7. The van der Waals surface area contributed by atoms with Gasteiger partial charge in [0.2, 0.25) is 0 Å². The minimum absolute atomic E-state index is 0.559. The van der Waals surface area contributed by atoms with Crippen LogP contribution in [0.2, 0.25) is 0 Å². The van der Waals surface area contributed by atoms with Crippen molar-refractivity contribution in [3.05, 3.63) is 23.8 Å². The lowest BCUT2D eigenvalue weighted by Gasteiger charge is -1.93. The zero-order valence-electron chi connectivity index (χ0n) is 8.34. The molecule has 0 saturated carbocycles. The maximum absolute atomic E-state index is 5.61. The van der Waals surface area contributed by atoms with E-state index in [0.29, 0.717) is 12.4 Å². The van der Waals surface area contributed by atoms with Gasteiger partial charge in [-0.2, -0.15) is 0 Å². The second-order valence-electron chi connectivity index (χ2n) is 3.23. The highest BCUT2D eigenvalue weighted by Crippen LogP contribution is 1.99. The molecule has 7 heteroatoms. The molecule has 0 aromatic carbocycles. The minimum atomic E-state index is 0.559. The fourth-order valence-corrected chi connectivity index (χ4v) is 1.45. The molecule has 0 bridgehead atoms. The molecule has 0 aliphatic carbocycles. The van der Waals surface area contributed by atoms with Crippen LogP contribution in [0.3, 0.4) is 0 Å². The van der Waals surface area contributed by atoms with E-state index in [0.717, 1.165) is 17.8 Å². The highest BCUT2D eigenvalue weighted by Gasteiger charge is 2.03. The van der Waals surface area contributed by atoms with Crippen molar-refractivity contribution in [1.29, 1.82) is 0 Å². The second-order valence-corrected chi connectivity index (χ2v) is 3.61. The number of aryl methyl sites for hydroxylation is 2. The van der Waals surface area contributed by atoms with Crippen molar-refractivity contribution >= 4 is 11.6 Å². The Labute approximate surface area is 91.8 Å². The summed E-state index contributed by atoms with van der Waals surface area (Å²) in [5, 5.41) is 15.8. The average Bonchev–Trinajstić information content (AvgIpc) is 2.78. The van der Waals surface area contributed by atoms with E-state index < -0.39 is 0 Å². The first-order valence-electron chi connectivity index (χ1n) is 4.58. The molecule has 2 heterocycles. The summed E-state index contributed by atoms with van der Waals surface area (Å²) in [7, 11) is 1.83. The molecule has 0 N–H and O–H groups in total. The normalized spacial score (nSPS) is 10.8. The molecule has 0 saturated heterocycles. The monoisotopic (exact) mass is 226 g/mol. The van der Waals surface area contributed by atoms with Crippen LogP contribution in [0.5, 0.6) is 0 Å². The predicted octanol–water partition coefficient (Wildman–Crippen LogP) is 0.236. The van der Waals surface area contributed by atoms with Crippen LogP contribution in [0.1, 0.15) is 11.4 Å². The topological polar surface area (TPSA) is 61.4 Å². The van der Waals surface area contributed by atoms with Crippen LogP contribution in [0, 0.1) is 0 Å². The second kappa shape index (κ2) is 4.39. The van der Waals surface area contributed by atoms with Gasteiger partial charge in [-0.25, -0.2) is 4.68 Å². The van der Waals surface area contributed by atoms with Crippen LogP contribution in [-0.2, 0) is 20.0 Å². The predicted molar refractivity (Wildman–Crippen MR) is 54.6 cm³/mol. The molecule has 0 spiro atoms. The molecule has 0 aliphatic rings. The summed E-state index contributed by atoms with van der Waals surface area (Å²) in [6, 6.07) is 0. The average molecular weight is 227 g/mol. The SMILES string of the molecule is Cn1cc(Cn2cc(CCCl)nn2)nn1. The first kappa shape index (κ1) is 10.1. The van der Waals surface area contributed by atoms with Crippen LogP contribution in [0.25, 0.3) is 0 Å². The van der Waals surface area contributed by atoms with Crippen molar-refractivity contribution in [3.63, 3.8) is 0 Å². The van der Waals surface area contributed by atoms with Gasteiger partial charge in [-0.15, -0.1) is 21.8 Å². The fourth-order valence-electron chi connectivity index (χ4n) is 1.26. The van der Waals surface area contributed by atoms with Crippen molar-refractivity contribution in [1.82, 2.24) is 30.0 Å². The third kappa shape index (κ3) is 2.53. The Bertz CT molecular complexity index is 434. The fraction of sp³-hybridized carbons (Fsp3) is 0.500. The summed E-state index contributed by atoms with van der Waals surface area (Å²) in [6.45, 7) is 0.586. The highest BCUT2D eigenvalue weighted by molar-refractivity contribution is 6.17. The number of halogens is 1. The third-order valence-electron chi connectivity index (χ3n) is 1.91. The van der Waals surface area contributed by atoms with Gasteiger partial charge in [-0.05, 0) is 0 Å². The summed E-state index contributed by atoms with van der Waals surface area (Å²) in [5.74, 6) is 0.559. The first-order valence-corrected chi connectivity index (χ1v) is 5.11. The van der Waals surface area contributed by atoms with Crippen LogP contribution in [0.15, 0.2) is 12.4 Å². The van der Waals surface area contributed by atoms with Crippen LogP contribution in [-0.4, -0.2) is 35.9 Å². The lowest BCUT2D eigenvalue weighted by molar-refractivity contribution is 0.636. The van der Waals surface area contributed by atoms with Gasteiger partial charge in [0.15, 0.2) is 0 Å². The Morgan fingerprint density at radius 2 is 2.00 bits per heavy atom. The van der Waals surface area contributed by atoms with E-state index in [-0.39, 0.29) is 0 Å². The molecule has 0 radical (unpaired) electrons. The van der Waals surface area contributed by atoms with Crippen molar-refractivity contribution in [2.45, 2.75) is 13.0 Å². The van der Waals surface area contributed by atoms with Crippen molar-refractivity contribution in [2.75, 3.05) is 5.88 Å². The molecule has 15 heavy (non-hydrogen) atoms. The third-order valence-corrected chi connectivity index (χ3v) is 2.10. The number of hydrogen-bond acceptors (Lipinski definition) is 4. The van der Waals surface area contributed by atoms with Crippen LogP contribution in [0.4, 0.5) is 0 Å². The van der Waals surface area contributed by atoms with Gasteiger partial charge in [-0.3, -0.25) is 4.68 Å². The van der Waals surface area contributed by atoms with Gasteiger partial charge in [0.1, 0.15) is 5.69 Å². The largest absolute Gasteiger partial charge is 0.255 e. The minimum Gasteiger partial charge on any atom is -0.255 e. The van der Waals surface area contributed by atoms with E-state index in [2.05, 4.69) is 20.6 Å². The molecule has 2 rings (SSSR count). The number of hydrogen-bond donors (Lipinski definition) is 0. The molecular weight excluding hydrogens is 216 g/mol. The Balaban J connectivity index is 2.04. The summed E-state index contributed by atoms with van der Waals surface area (Å²) < 4.78 is 3.39. The first-order chi connectivity index (χ1) is 7.28. The molecule has 0 atom stereocenters. The highest BCUT2D eigenvalue weighted by atomic mass is 35.5. The van der Waals surface area contributed by atoms with Gasteiger partial charge in [-0.1, -0.05) is 10.4 Å². The molecule has 6 nitrogen and oxygen atoms in total. The summed E-state index contributed by atoms with van der Waals surface area (Å²) in [6.07, 6.45) is 4.46. The Morgan fingerprint density at radius 1 is 1.20 bits per heavy atom. The van der Waals surface area contributed by atoms with E-state index >= 15 is 0 Å². The van der Waals surface area contributed by atoms with E-state index in [9.17, 15) is 0 Å². The summed E-state index contributed by atoms with van der Waals surface area (Å²) >= 11 is 5.61. The van der Waals surface area contributed by atoms with Crippen molar-refractivity contribution in [2.24, 2.45) is 7.05 Å². The maximum atomic E-state index is 5.61. The Kier molecular flexibility index (Phi) is 2.96. The van der Waals surface area contributed by atoms with Gasteiger partial charge in [0, 0.05) is 31.7 Å². The van der Waals surface area contributed by atoms with Gasteiger partial charge < -0.3 is 0 Å². The molecule has 0 aliphatic heterocycles. The van der Waals surface area contributed by atoms with Crippen molar-refractivity contribution in [3.8, 4) is 0 Å². The molecule has 0 unspecified atom stereocenters. The molecule has 0 fully saturated rings. The number of nitrogens with zero attached hydrogens (tertiary/aromatic N) is 6. The van der Waals surface area contributed by atoms with Crippen LogP contribution < -0.4 is 0 Å². The molecule has 80 valence electrons. The van der Waals surface area contributed by atoms with Gasteiger partial charge in [0.25, 0.3) is 0 Å². The molecule has 0 amide bonds. The molecule has 2 aromatic heterocycles. The zero-order valence-corrected chi connectivity index (χ0v) is 9.09. The Morgan fingerprint density at radius 3 is 2.67 bits per heavy atom. The summed E-state index contributed by atoms with van der Waals surface area (Å²) in [5.41, 5.74) is 1.76. The number of alkyl halides is 1.